The van der Waals surface area contributed by atoms with Gasteiger partial charge in [0, 0.05) is 32.7 Å². The second-order valence-corrected chi connectivity index (χ2v) is 9.29. The summed E-state index contributed by atoms with van der Waals surface area (Å²) >= 11 is 0. The van der Waals surface area contributed by atoms with Gasteiger partial charge in [-0.1, -0.05) is 18.2 Å². The highest BCUT2D eigenvalue weighted by molar-refractivity contribution is 14.0. The second kappa shape index (κ2) is 12.3. The quantitative estimate of drug-likeness (QED) is 0.208. The van der Waals surface area contributed by atoms with Gasteiger partial charge in [-0.15, -0.1) is 24.0 Å². The van der Waals surface area contributed by atoms with E-state index >= 15 is 0 Å². The SMILES string of the molecule is CCNC(=NCCCS(=O)(=O)c1ccccc1)NC1CCc2nc(COC)nn2C1.I. The molecule has 31 heavy (non-hydrogen) atoms. The maximum atomic E-state index is 12.4. The lowest BCUT2D eigenvalue weighted by molar-refractivity contribution is 0.177. The van der Waals surface area contributed by atoms with E-state index in [4.69, 9.17) is 4.74 Å². The van der Waals surface area contributed by atoms with E-state index in [0.717, 1.165) is 25.2 Å². The number of hydrogen-bond acceptors (Lipinski definition) is 6. The number of ether oxygens (including phenoxy) is 1. The van der Waals surface area contributed by atoms with E-state index in [1.54, 1.807) is 31.4 Å². The van der Waals surface area contributed by atoms with Crippen molar-refractivity contribution in [2.24, 2.45) is 4.99 Å². The Labute approximate surface area is 201 Å². The fraction of sp³-hybridized carbons (Fsp3) is 0.550. The number of rotatable bonds is 9. The zero-order valence-electron chi connectivity index (χ0n) is 18.0. The summed E-state index contributed by atoms with van der Waals surface area (Å²) in [7, 11) is -1.64. The molecule has 11 heteroatoms. The molecule has 1 aromatic carbocycles. The van der Waals surface area contributed by atoms with Crippen LogP contribution >= 0.6 is 24.0 Å². The number of nitrogens with zero attached hydrogens (tertiary/aromatic N) is 4. The van der Waals surface area contributed by atoms with E-state index < -0.39 is 9.84 Å². The molecule has 2 aromatic rings. The normalized spacial score (nSPS) is 16.3. The molecule has 1 aliphatic heterocycles. The Morgan fingerprint density at radius 2 is 2.10 bits per heavy atom. The average molecular weight is 562 g/mol. The summed E-state index contributed by atoms with van der Waals surface area (Å²) in [5.74, 6) is 2.45. The molecule has 0 bridgehead atoms. The van der Waals surface area contributed by atoms with Crippen molar-refractivity contribution in [1.82, 2.24) is 25.4 Å². The predicted molar refractivity (Wildman–Crippen MR) is 130 cm³/mol. The van der Waals surface area contributed by atoms with Crippen molar-refractivity contribution >= 4 is 39.8 Å². The topological polar surface area (TPSA) is 110 Å². The summed E-state index contributed by atoms with van der Waals surface area (Å²) < 4.78 is 31.8. The molecular weight excluding hydrogens is 531 g/mol. The molecule has 0 fully saturated rings. The van der Waals surface area contributed by atoms with Gasteiger partial charge in [-0.25, -0.2) is 18.1 Å². The molecule has 0 radical (unpaired) electrons. The minimum atomic E-state index is -3.27. The Hall–Kier alpha value is -1.73. The molecule has 0 saturated carbocycles. The van der Waals surface area contributed by atoms with E-state index in [9.17, 15) is 8.42 Å². The Bertz CT molecular complexity index is 949. The number of halogens is 1. The van der Waals surface area contributed by atoms with Crippen LogP contribution in [0.2, 0.25) is 0 Å². The fourth-order valence-corrected chi connectivity index (χ4v) is 4.69. The molecule has 0 amide bonds. The lowest BCUT2D eigenvalue weighted by Crippen LogP contribution is -2.47. The number of guanidine groups is 1. The summed E-state index contributed by atoms with van der Waals surface area (Å²) in [6.45, 7) is 4.28. The standard InChI is InChI=1S/C20H30N6O3S.HI/c1-3-21-20(22-12-7-13-30(27,28)17-8-5-4-6-9-17)23-16-10-11-19-24-18(15-29-2)25-26(19)14-16;/h4-6,8-9,16H,3,7,10-15H2,1-2H3,(H2,21,22,23);1H. The molecule has 2 heterocycles. The van der Waals surface area contributed by atoms with Gasteiger partial charge in [0.15, 0.2) is 21.6 Å². The molecule has 1 aromatic heterocycles. The number of methoxy groups -OCH3 is 1. The Morgan fingerprint density at radius 1 is 1.32 bits per heavy atom. The van der Waals surface area contributed by atoms with E-state index in [-0.39, 0.29) is 35.8 Å². The lowest BCUT2D eigenvalue weighted by atomic mass is 10.1. The van der Waals surface area contributed by atoms with E-state index in [2.05, 4.69) is 25.7 Å². The minimum absolute atomic E-state index is 0. The molecule has 0 aliphatic carbocycles. The third-order valence-electron chi connectivity index (χ3n) is 4.80. The first kappa shape index (κ1) is 25.5. The summed E-state index contributed by atoms with van der Waals surface area (Å²) in [6.07, 6.45) is 2.23. The van der Waals surface area contributed by atoms with Crippen molar-refractivity contribution in [3.63, 3.8) is 0 Å². The molecule has 3 rings (SSSR count). The highest BCUT2D eigenvalue weighted by atomic mass is 127. The van der Waals surface area contributed by atoms with E-state index in [1.807, 2.05) is 17.7 Å². The summed E-state index contributed by atoms with van der Waals surface area (Å²) in [6, 6.07) is 8.72. The Morgan fingerprint density at radius 3 is 2.81 bits per heavy atom. The van der Waals surface area contributed by atoms with Gasteiger partial charge in [0.25, 0.3) is 0 Å². The number of benzene rings is 1. The van der Waals surface area contributed by atoms with Crippen LogP contribution in [0.1, 0.15) is 31.4 Å². The van der Waals surface area contributed by atoms with Crippen molar-refractivity contribution < 1.29 is 13.2 Å². The highest BCUT2D eigenvalue weighted by Gasteiger charge is 2.22. The number of aromatic nitrogens is 3. The van der Waals surface area contributed by atoms with Crippen molar-refractivity contribution in [3.8, 4) is 0 Å². The highest BCUT2D eigenvalue weighted by Crippen LogP contribution is 2.14. The van der Waals surface area contributed by atoms with Gasteiger partial charge in [-0.05, 0) is 31.9 Å². The van der Waals surface area contributed by atoms with E-state index in [0.29, 0.717) is 42.8 Å². The minimum Gasteiger partial charge on any atom is -0.377 e. The number of hydrogen-bond donors (Lipinski definition) is 2. The van der Waals surface area contributed by atoms with Crippen molar-refractivity contribution in [3.05, 3.63) is 42.0 Å². The fourth-order valence-electron chi connectivity index (χ4n) is 3.37. The maximum Gasteiger partial charge on any atom is 0.191 e. The van der Waals surface area contributed by atoms with Gasteiger partial charge in [0.1, 0.15) is 12.4 Å². The molecule has 2 N–H and O–H groups in total. The average Bonchev–Trinajstić information content (AvgIpc) is 3.14. The predicted octanol–water partition coefficient (Wildman–Crippen LogP) is 1.78. The number of aliphatic imine (C=N–C) groups is 1. The largest absolute Gasteiger partial charge is 0.377 e. The Kier molecular flexibility index (Phi) is 10.2. The maximum absolute atomic E-state index is 12.4. The van der Waals surface area contributed by atoms with Crippen LogP contribution in [0, 0.1) is 0 Å². The smallest absolute Gasteiger partial charge is 0.191 e. The molecule has 1 aliphatic rings. The summed E-state index contributed by atoms with van der Waals surface area (Å²) in [4.78, 5) is 9.41. The van der Waals surface area contributed by atoms with Gasteiger partial charge in [0.2, 0.25) is 0 Å². The monoisotopic (exact) mass is 562 g/mol. The third kappa shape index (κ3) is 7.42. The molecule has 1 atom stereocenters. The number of aryl methyl sites for hydroxylation is 1. The van der Waals surface area contributed by atoms with Crippen LogP contribution in [0.3, 0.4) is 0 Å². The summed E-state index contributed by atoms with van der Waals surface area (Å²) in [5.41, 5.74) is 0. The van der Waals surface area contributed by atoms with E-state index in [1.165, 1.54) is 0 Å². The molecule has 0 saturated heterocycles. The first-order valence-electron chi connectivity index (χ1n) is 10.3. The van der Waals surface area contributed by atoms with Crippen LogP contribution in [0.5, 0.6) is 0 Å². The molecule has 172 valence electrons. The van der Waals surface area contributed by atoms with Crippen LogP contribution in [0.25, 0.3) is 0 Å². The van der Waals surface area contributed by atoms with Crippen LogP contribution in [-0.2, 0) is 34.1 Å². The van der Waals surface area contributed by atoms with Crippen LogP contribution < -0.4 is 10.6 Å². The first-order valence-corrected chi connectivity index (χ1v) is 11.9. The van der Waals surface area contributed by atoms with Crippen molar-refractivity contribution in [2.45, 2.75) is 50.3 Å². The second-order valence-electron chi connectivity index (χ2n) is 7.19. The van der Waals surface area contributed by atoms with Gasteiger partial charge in [-0.2, -0.15) is 5.10 Å². The van der Waals surface area contributed by atoms with Crippen LogP contribution in [-0.4, -0.2) is 61.1 Å². The number of sulfone groups is 1. The lowest BCUT2D eigenvalue weighted by Gasteiger charge is -2.25. The van der Waals surface area contributed by atoms with Gasteiger partial charge >= 0.3 is 0 Å². The van der Waals surface area contributed by atoms with Crippen LogP contribution in [0.4, 0.5) is 0 Å². The molecule has 0 spiro atoms. The zero-order valence-corrected chi connectivity index (χ0v) is 21.1. The Balaban J connectivity index is 0.00000341. The van der Waals surface area contributed by atoms with Gasteiger partial charge in [0.05, 0.1) is 17.2 Å². The molecule has 1 unspecified atom stereocenters. The van der Waals surface area contributed by atoms with Crippen molar-refractivity contribution in [2.75, 3.05) is 26.0 Å². The first-order chi connectivity index (χ1) is 14.5. The van der Waals surface area contributed by atoms with Gasteiger partial charge in [-0.3, -0.25) is 4.99 Å². The molecular formula is C20H31IN6O3S. The van der Waals surface area contributed by atoms with Gasteiger partial charge < -0.3 is 15.4 Å². The molecule has 9 nitrogen and oxygen atoms in total. The zero-order chi connectivity index (χ0) is 21.4. The number of nitrogens with one attached hydrogen (secondary N) is 2. The summed E-state index contributed by atoms with van der Waals surface area (Å²) in [5, 5.41) is 11.2. The van der Waals surface area contributed by atoms with Crippen LogP contribution in [0.15, 0.2) is 40.2 Å². The third-order valence-corrected chi connectivity index (χ3v) is 6.62. The van der Waals surface area contributed by atoms with Crippen molar-refractivity contribution in [1.29, 1.82) is 0 Å². The number of fused-ring (bicyclic) bond motifs is 1.